The Morgan fingerprint density at radius 3 is 2.50 bits per heavy atom. The number of carbonyl (C=O) groups is 2. The molecule has 2 aliphatic heterocycles. The van der Waals surface area contributed by atoms with Crippen molar-refractivity contribution in [3.05, 3.63) is 64.1 Å². The van der Waals surface area contributed by atoms with Crippen LogP contribution in [0, 0.1) is 19.3 Å². The van der Waals surface area contributed by atoms with Crippen LogP contribution in [0.1, 0.15) is 34.0 Å². The summed E-state index contributed by atoms with van der Waals surface area (Å²) in [6, 6.07) is 6.73. The molecule has 2 atom stereocenters. The topological polar surface area (TPSA) is 73.7 Å². The SMILES string of the molecule is C=CCN1CCC2(CN(Cc3cc(C)cc(C)c3)CC2c2nccs2)C1=O.O=C(O)C(F)(F)F. The van der Waals surface area contributed by atoms with Crippen molar-refractivity contribution < 1.29 is 27.9 Å². The molecular weight excluding hydrogens is 467 g/mol. The van der Waals surface area contributed by atoms with Crippen molar-refractivity contribution in [2.45, 2.75) is 38.9 Å². The molecule has 2 aromatic rings. The Bertz CT molecular complexity index is 1020. The number of amides is 1. The van der Waals surface area contributed by atoms with E-state index in [1.165, 1.54) is 16.7 Å². The molecule has 3 heterocycles. The maximum atomic E-state index is 13.4. The summed E-state index contributed by atoms with van der Waals surface area (Å²) in [5, 5.41) is 10.3. The lowest BCUT2D eigenvalue weighted by atomic mass is 9.77. The van der Waals surface area contributed by atoms with E-state index in [1.54, 1.807) is 11.3 Å². The van der Waals surface area contributed by atoms with Gasteiger partial charge in [-0.2, -0.15) is 13.2 Å². The van der Waals surface area contributed by atoms with E-state index in [9.17, 15) is 18.0 Å². The summed E-state index contributed by atoms with van der Waals surface area (Å²) in [6.07, 6.45) is -0.480. The van der Waals surface area contributed by atoms with Crippen LogP contribution in [-0.2, 0) is 16.1 Å². The predicted molar refractivity (Wildman–Crippen MR) is 124 cm³/mol. The molecule has 2 aliphatic rings. The molecule has 1 amide bonds. The predicted octanol–water partition coefficient (Wildman–Crippen LogP) is 4.40. The highest BCUT2D eigenvalue weighted by Crippen LogP contribution is 2.50. The largest absolute Gasteiger partial charge is 0.490 e. The van der Waals surface area contributed by atoms with Gasteiger partial charge in [0.05, 0.1) is 10.4 Å². The fourth-order valence-corrected chi connectivity index (χ4v) is 5.77. The van der Waals surface area contributed by atoms with Crippen LogP contribution >= 0.6 is 11.3 Å². The van der Waals surface area contributed by atoms with Gasteiger partial charge in [-0.3, -0.25) is 9.69 Å². The van der Waals surface area contributed by atoms with E-state index in [-0.39, 0.29) is 17.2 Å². The first-order valence-electron chi connectivity index (χ1n) is 10.9. The van der Waals surface area contributed by atoms with Gasteiger partial charge in [0.1, 0.15) is 0 Å². The third-order valence-corrected chi connectivity index (χ3v) is 7.07. The molecule has 2 saturated heterocycles. The molecule has 2 fully saturated rings. The minimum absolute atomic E-state index is 0.186. The number of carboxylic acids is 1. The minimum Gasteiger partial charge on any atom is -0.475 e. The summed E-state index contributed by atoms with van der Waals surface area (Å²) >= 11 is 1.68. The normalized spacial score (nSPS) is 22.7. The number of benzene rings is 1. The molecule has 184 valence electrons. The number of halogens is 3. The number of aryl methyl sites for hydroxylation is 2. The number of aromatic nitrogens is 1. The van der Waals surface area contributed by atoms with Gasteiger partial charge in [0, 0.05) is 50.2 Å². The van der Waals surface area contributed by atoms with Crippen LogP contribution in [0.5, 0.6) is 0 Å². The van der Waals surface area contributed by atoms with Gasteiger partial charge in [-0.25, -0.2) is 9.78 Å². The number of hydrogen-bond donors (Lipinski definition) is 1. The molecule has 0 radical (unpaired) electrons. The Labute approximate surface area is 200 Å². The molecule has 1 N–H and O–H groups in total. The van der Waals surface area contributed by atoms with Gasteiger partial charge in [0.2, 0.25) is 5.91 Å². The average molecular weight is 496 g/mol. The van der Waals surface area contributed by atoms with E-state index in [0.29, 0.717) is 6.54 Å². The zero-order chi connectivity index (χ0) is 25.1. The summed E-state index contributed by atoms with van der Waals surface area (Å²) in [6.45, 7) is 12.2. The molecule has 1 spiro atoms. The first-order chi connectivity index (χ1) is 16.0. The zero-order valence-electron chi connectivity index (χ0n) is 19.1. The van der Waals surface area contributed by atoms with Gasteiger partial charge >= 0.3 is 12.1 Å². The second-order valence-corrected chi connectivity index (χ2v) is 9.76. The van der Waals surface area contributed by atoms with Gasteiger partial charge in [0.25, 0.3) is 0 Å². The standard InChI is InChI=1S/C22H27N3OS.C2HF3O2/c1-4-7-25-8-5-22(21(25)26)15-24(14-19(22)20-23-6-9-27-20)13-18-11-16(2)10-17(3)12-18;3-2(4,5)1(6)7/h4,6,9-12,19H,1,5,7-8,13-15H2,2-3H3;(H,6,7). The van der Waals surface area contributed by atoms with Crippen molar-refractivity contribution in [3.8, 4) is 0 Å². The third kappa shape index (κ3) is 5.67. The van der Waals surface area contributed by atoms with E-state index in [1.807, 2.05) is 22.6 Å². The lowest BCUT2D eigenvalue weighted by Crippen LogP contribution is -2.39. The summed E-state index contributed by atoms with van der Waals surface area (Å²) in [5.41, 5.74) is 3.59. The van der Waals surface area contributed by atoms with Crippen molar-refractivity contribution in [1.82, 2.24) is 14.8 Å². The number of carboxylic acid groups (broad SMARTS) is 1. The molecule has 1 aromatic carbocycles. The molecule has 6 nitrogen and oxygen atoms in total. The van der Waals surface area contributed by atoms with Gasteiger partial charge in [-0.15, -0.1) is 17.9 Å². The molecular formula is C24H28F3N3O3S. The molecule has 1 aromatic heterocycles. The van der Waals surface area contributed by atoms with Gasteiger partial charge in [-0.1, -0.05) is 35.4 Å². The smallest absolute Gasteiger partial charge is 0.475 e. The Morgan fingerprint density at radius 1 is 1.32 bits per heavy atom. The monoisotopic (exact) mass is 495 g/mol. The van der Waals surface area contributed by atoms with E-state index < -0.39 is 12.1 Å². The molecule has 0 aliphatic carbocycles. The zero-order valence-corrected chi connectivity index (χ0v) is 20.0. The van der Waals surface area contributed by atoms with Crippen molar-refractivity contribution in [2.75, 3.05) is 26.2 Å². The van der Waals surface area contributed by atoms with E-state index in [4.69, 9.17) is 9.90 Å². The average Bonchev–Trinajstić information content (AvgIpc) is 3.44. The second-order valence-electron chi connectivity index (χ2n) is 8.84. The summed E-state index contributed by atoms with van der Waals surface area (Å²) in [4.78, 5) is 31.3. The Balaban J connectivity index is 0.000000406. The fraction of sp³-hybridized carbons (Fsp3) is 0.458. The molecule has 10 heteroatoms. The van der Waals surface area contributed by atoms with Crippen LogP contribution in [0.25, 0.3) is 0 Å². The number of nitrogens with zero attached hydrogens (tertiary/aromatic N) is 3. The highest BCUT2D eigenvalue weighted by Gasteiger charge is 2.57. The number of aliphatic carboxylic acids is 1. The van der Waals surface area contributed by atoms with Crippen LogP contribution in [0.15, 0.2) is 42.4 Å². The van der Waals surface area contributed by atoms with Crippen molar-refractivity contribution in [2.24, 2.45) is 5.41 Å². The Morgan fingerprint density at radius 2 is 1.97 bits per heavy atom. The van der Waals surface area contributed by atoms with Gasteiger partial charge < -0.3 is 10.0 Å². The summed E-state index contributed by atoms with van der Waals surface area (Å²) in [5.74, 6) is -2.29. The lowest BCUT2D eigenvalue weighted by molar-refractivity contribution is -0.192. The highest BCUT2D eigenvalue weighted by atomic mass is 32.1. The summed E-state index contributed by atoms with van der Waals surface area (Å²) < 4.78 is 31.7. The first-order valence-corrected chi connectivity index (χ1v) is 11.7. The molecule has 2 unspecified atom stereocenters. The van der Waals surface area contributed by atoms with Crippen molar-refractivity contribution in [1.29, 1.82) is 0 Å². The number of alkyl halides is 3. The van der Waals surface area contributed by atoms with Crippen LogP contribution in [0.2, 0.25) is 0 Å². The highest BCUT2D eigenvalue weighted by molar-refractivity contribution is 7.09. The maximum absolute atomic E-state index is 13.4. The Kier molecular flexibility index (Phi) is 7.82. The quantitative estimate of drug-likeness (QED) is 0.623. The number of carbonyl (C=O) groups excluding carboxylic acids is 1. The van der Waals surface area contributed by atoms with Crippen molar-refractivity contribution in [3.63, 3.8) is 0 Å². The van der Waals surface area contributed by atoms with Crippen LogP contribution in [-0.4, -0.2) is 64.1 Å². The van der Waals surface area contributed by atoms with Crippen LogP contribution < -0.4 is 0 Å². The number of rotatable bonds is 5. The van der Waals surface area contributed by atoms with Gasteiger partial charge in [0.15, 0.2) is 0 Å². The molecule has 4 rings (SSSR count). The number of likely N-dealkylation sites (tertiary alicyclic amines) is 2. The van der Waals surface area contributed by atoms with Crippen LogP contribution in [0.3, 0.4) is 0 Å². The number of thiazole rings is 1. The second kappa shape index (κ2) is 10.3. The first kappa shape index (κ1) is 25.9. The molecule has 0 bridgehead atoms. The molecule has 0 saturated carbocycles. The minimum atomic E-state index is -5.08. The maximum Gasteiger partial charge on any atom is 0.490 e. The van der Waals surface area contributed by atoms with E-state index in [0.717, 1.165) is 37.6 Å². The molecule has 34 heavy (non-hydrogen) atoms. The third-order valence-electron chi connectivity index (χ3n) is 6.18. The Hall–Kier alpha value is -2.72. The number of hydrogen-bond acceptors (Lipinski definition) is 5. The van der Waals surface area contributed by atoms with E-state index >= 15 is 0 Å². The van der Waals surface area contributed by atoms with Crippen molar-refractivity contribution >= 4 is 23.2 Å². The lowest BCUT2D eigenvalue weighted by Gasteiger charge is -2.27. The van der Waals surface area contributed by atoms with Crippen LogP contribution in [0.4, 0.5) is 13.2 Å². The fourth-order valence-electron chi connectivity index (χ4n) is 4.92. The van der Waals surface area contributed by atoms with E-state index in [2.05, 4.69) is 48.5 Å². The summed E-state index contributed by atoms with van der Waals surface area (Å²) in [7, 11) is 0. The van der Waals surface area contributed by atoms with Gasteiger partial charge in [-0.05, 0) is 25.8 Å².